The van der Waals surface area contributed by atoms with Gasteiger partial charge in [-0.15, -0.1) is 0 Å². The summed E-state index contributed by atoms with van der Waals surface area (Å²) in [5, 5.41) is 0. The summed E-state index contributed by atoms with van der Waals surface area (Å²) < 4.78 is 0. The maximum absolute atomic E-state index is 12.8. The lowest BCUT2D eigenvalue weighted by atomic mass is 10.1. The lowest BCUT2D eigenvalue weighted by molar-refractivity contribution is 0.0783. The van der Waals surface area contributed by atoms with Gasteiger partial charge in [-0.2, -0.15) is 0 Å². The van der Waals surface area contributed by atoms with Crippen molar-refractivity contribution < 1.29 is 4.79 Å². The molecule has 5 nitrogen and oxygen atoms in total. The van der Waals surface area contributed by atoms with Crippen molar-refractivity contribution in [1.29, 1.82) is 0 Å². The Bertz CT molecular complexity index is 732. The van der Waals surface area contributed by atoms with E-state index in [0.29, 0.717) is 5.92 Å². The number of hydrogen-bond acceptors (Lipinski definition) is 4. The van der Waals surface area contributed by atoms with Crippen LogP contribution in [0.4, 0.5) is 0 Å². The third kappa shape index (κ3) is 4.42. The Labute approximate surface area is 149 Å². The molecule has 1 saturated heterocycles. The molecule has 0 saturated carbocycles. The van der Waals surface area contributed by atoms with Crippen molar-refractivity contribution in [2.75, 3.05) is 26.7 Å². The fraction of sp³-hybridized carbons (Fsp3) is 0.450. The Hall–Kier alpha value is -2.27. The van der Waals surface area contributed by atoms with Crippen molar-refractivity contribution in [1.82, 2.24) is 19.8 Å². The number of likely N-dealkylation sites (tertiary alicyclic amines) is 1. The number of hydrogen-bond donors (Lipinski definition) is 0. The van der Waals surface area contributed by atoms with Crippen LogP contribution in [0.5, 0.6) is 0 Å². The van der Waals surface area contributed by atoms with Crippen molar-refractivity contribution >= 4 is 5.91 Å². The molecule has 0 N–H and O–H groups in total. The van der Waals surface area contributed by atoms with Crippen LogP contribution in [0.2, 0.25) is 0 Å². The fourth-order valence-electron chi connectivity index (χ4n) is 3.56. The first-order valence-electron chi connectivity index (χ1n) is 8.84. The van der Waals surface area contributed by atoms with Crippen LogP contribution in [0.3, 0.4) is 0 Å². The number of carbonyl (C=O) groups is 1. The highest BCUT2D eigenvalue weighted by Gasteiger charge is 2.28. The van der Waals surface area contributed by atoms with Gasteiger partial charge in [-0.1, -0.05) is 6.07 Å². The fourth-order valence-corrected chi connectivity index (χ4v) is 3.56. The molecule has 1 atom stereocenters. The van der Waals surface area contributed by atoms with Crippen LogP contribution in [0.15, 0.2) is 36.7 Å². The van der Waals surface area contributed by atoms with E-state index in [4.69, 9.17) is 0 Å². The molecule has 2 aromatic heterocycles. The maximum Gasteiger partial charge on any atom is 0.255 e. The van der Waals surface area contributed by atoms with Gasteiger partial charge in [-0.25, -0.2) is 0 Å². The van der Waals surface area contributed by atoms with Gasteiger partial charge in [-0.05, 0) is 57.0 Å². The number of aromatic nitrogens is 2. The lowest BCUT2D eigenvalue weighted by Gasteiger charge is -2.22. The quantitative estimate of drug-likeness (QED) is 0.841. The molecule has 0 aromatic carbocycles. The molecule has 0 bridgehead atoms. The van der Waals surface area contributed by atoms with Crippen molar-refractivity contribution in [2.24, 2.45) is 5.92 Å². The Morgan fingerprint density at radius 3 is 2.88 bits per heavy atom. The van der Waals surface area contributed by atoms with E-state index in [9.17, 15) is 4.79 Å². The molecule has 132 valence electrons. The summed E-state index contributed by atoms with van der Waals surface area (Å²) >= 11 is 0. The molecule has 3 heterocycles. The van der Waals surface area contributed by atoms with Crippen molar-refractivity contribution in [3.8, 4) is 0 Å². The van der Waals surface area contributed by atoms with E-state index in [1.54, 1.807) is 6.20 Å². The van der Waals surface area contributed by atoms with Gasteiger partial charge >= 0.3 is 0 Å². The number of pyridine rings is 2. The number of carbonyl (C=O) groups excluding carboxylic acids is 1. The summed E-state index contributed by atoms with van der Waals surface area (Å²) in [5.41, 5.74) is 3.72. The van der Waals surface area contributed by atoms with E-state index in [2.05, 4.69) is 28.0 Å². The second-order valence-electron chi connectivity index (χ2n) is 7.05. The number of nitrogens with zero attached hydrogens (tertiary/aromatic N) is 4. The van der Waals surface area contributed by atoms with Crippen molar-refractivity contribution in [3.05, 3.63) is 59.2 Å². The standard InChI is InChI=1S/C20H26N4O/c1-15-6-7-19(16(2)22-15)20(25)24-10-8-18(14-24)13-23(3)12-17-5-4-9-21-11-17/h4-7,9,11,18H,8,10,12-14H2,1-3H3/t18-/m1/s1. The minimum atomic E-state index is 0.113. The summed E-state index contributed by atoms with van der Waals surface area (Å²) in [4.78, 5) is 25.6. The summed E-state index contributed by atoms with van der Waals surface area (Å²) in [6.07, 6.45) is 4.77. The average molecular weight is 338 g/mol. The van der Waals surface area contributed by atoms with Gasteiger partial charge in [0.1, 0.15) is 0 Å². The Morgan fingerprint density at radius 1 is 1.32 bits per heavy atom. The Kier molecular flexibility index (Phi) is 5.43. The number of aryl methyl sites for hydroxylation is 2. The highest BCUT2D eigenvalue weighted by Crippen LogP contribution is 2.21. The van der Waals surface area contributed by atoms with Crippen LogP contribution < -0.4 is 0 Å². The van der Waals surface area contributed by atoms with Crippen molar-refractivity contribution in [3.63, 3.8) is 0 Å². The molecule has 1 aliphatic rings. The van der Waals surface area contributed by atoms with Gasteiger partial charge < -0.3 is 9.80 Å². The molecule has 0 aliphatic carbocycles. The third-order valence-corrected chi connectivity index (χ3v) is 4.77. The van der Waals surface area contributed by atoms with Crippen LogP contribution in [-0.2, 0) is 6.54 Å². The van der Waals surface area contributed by atoms with Crippen LogP contribution in [0, 0.1) is 19.8 Å². The minimum absolute atomic E-state index is 0.113. The normalized spacial score (nSPS) is 17.3. The largest absolute Gasteiger partial charge is 0.338 e. The smallest absolute Gasteiger partial charge is 0.255 e. The van der Waals surface area contributed by atoms with Gasteiger partial charge in [-0.3, -0.25) is 14.8 Å². The molecule has 5 heteroatoms. The highest BCUT2D eigenvalue weighted by atomic mass is 16.2. The molecule has 2 aromatic rings. The summed E-state index contributed by atoms with van der Waals surface area (Å²) in [7, 11) is 2.13. The molecule has 0 unspecified atom stereocenters. The molecule has 0 radical (unpaired) electrons. The zero-order valence-electron chi connectivity index (χ0n) is 15.3. The average Bonchev–Trinajstić information content (AvgIpc) is 3.03. The second kappa shape index (κ2) is 7.74. The first-order valence-corrected chi connectivity index (χ1v) is 8.84. The van der Waals surface area contributed by atoms with Crippen LogP contribution in [0.25, 0.3) is 0 Å². The van der Waals surface area contributed by atoms with Crippen molar-refractivity contribution in [2.45, 2.75) is 26.8 Å². The first-order chi connectivity index (χ1) is 12.0. The number of rotatable bonds is 5. The molecule has 1 fully saturated rings. The Morgan fingerprint density at radius 2 is 2.16 bits per heavy atom. The topological polar surface area (TPSA) is 49.3 Å². The van der Waals surface area contributed by atoms with Crippen LogP contribution >= 0.6 is 0 Å². The van der Waals surface area contributed by atoms with E-state index in [1.165, 1.54) is 5.56 Å². The van der Waals surface area contributed by atoms with E-state index in [-0.39, 0.29) is 5.91 Å². The monoisotopic (exact) mass is 338 g/mol. The third-order valence-electron chi connectivity index (χ3n) is 4.77. The van der Waals surface area contributed by atoms with E-state index >= 15 is 0 Å². The van der Waals surface area contributed by atoms with Gasteiger partial charge in [0.15, 0.2) is 0 Å². The molecule has 1 aliphatic heterocycles. The summed E-state index contributed by atoms with van der Waals surface area (Å²) in [6, 6.07) is 7.88. The van der Waals surface area contributed by atoms with E-state index in [0.717, 1.165) is 49.6 Å². The van der Waals surface area contributed by atoms with Crippen LogP contribution in [0.1, 0.15) is 33.7 Å². The van der Waals surface area contributed by atoms with Gasteiger partial charge in [0.2, 0.25) is 0 Å². The molecule has 25 heavy (non-hydrogen) atoms. The minimum Gasteiger partial charge on any atom is -0.338 e. The summed E-state index contributed by atoms with van der Waals surface area (Å²) in [5.74, 6) is 0.631. The maximum atomic E-state index is 12.8. The van der Waals surface area contributed by atoms with Crippen LogP contribution in [-0.4, -0.2) is 52.4 Å². The SMILES string of the molecule is Cc1ccc(C(=O)N2CC[C@H](CN(C)Cc3cccnc3)C2)c(C)n1. The van der Waals surface area contributed by atoms with Gasteiger partial charge in [0.05, 0.1) is 11.3 Å². The van der Waals surface area contributed by atoms with E-state index in [1.807, 2.05) is 43.1 Å². The second-order valence-corrected chi connectivity index (χ2v) is 7.05. The predicted octanol–water partition coefficient (Wildman–Crippen LogP) is 2.69. The lowest BCUT2D eigenvalue weighted by Crippen LogP contribution is -2.32. The summed E-state index contributed by atoms with van der Waals surface area (Å²) in [6.45, 7) is 7.39. The predicted molar refractivity (Wildman–Crippen MR) is 98.3 cm³/mol. The zero-order valence-corrected chi connectivity index (χ0v) is 15.3. The molecular weight excluding hydrogens is 312 g/mol. The number of amides is 1. The molecular formula is C20H26N4O. The first kappa shape index (κ1) is 17.5. The van der Waals surface area contributed by atoms with E-state index < -0.39 is 0 Å². The Balaban J connectivity index is 1.55. The molecule has 0 spiro atoms. The zero-order chi connectivity index (χ0) is 17.8. The van der Waals surface area contributed by atoms with Gasteiger partial charge in [0, 0.05) is 44.3 Å². The van der Waals surface area contributed by atoms with Gasteiger partial charge in [0.25, 0.3) is 5.91 Å². The molecule has 3 rings (SSSR count). The highest BCUT2D eigenvalue weighted by molar-refractivity contribution is 5.95. The molecule has 1 amide bonds.